The molecule has 5 nitrogen and oxygen atoms in total. The zero-order chi connectivity index (χ0) is 14.4. The molecule has 0 atom stereocenters. The van der Waals surface area contributed by atoms with Crippen LogP contribution in [0, 0.1) is 0 Å². The van der Waals surface area contributed by atoms with Crippen LogP contribution in [-0.2, 0) is 0 Å². The molecule has 0 aromatic heterocycles. The van der Waals surface area contributed by atoms with E-state index in [1.165, 1.54) is 12.1 Å². The van der Waals surface area contributed by atoms with E-state index in [-0.39, 0.29) is 11.7 Å². The van der Waals surface area contributed by atoms with Crippen LogP contribution in [-0.4, -0.2) is 24.2 Å². The van der Waals surface area contributed by atoms with Crippen LogP contribution in [0.15, 0.2) is 48.5 Å². The molecule has 0 saturated carbocycles. The van der Waals surface area contributed by atoms with Gasteiger partial charge in [0.15, 0.2) is 0 Å². The number of amides is 1. The van der Waals surface area contributed by atoms with Gasteiger partial charge in [0.05, 0.1) is 5.69 Å². The standard InChI is InChI=1S/C15H16N2O3/c16-8-9-20-14-7-2-1-6-13(14)17-15(19)11-4-3-5-12(18)10-11/h1-7,10,18H,8-9,16H2,(H,17,19). The topological polar surface area (TPSA) is 84.6 Å². The number of phenolic OH excluding ortho intramolecular Hbond substituents is 1. The van der Waals surface area contributed by atoms with Crippen LogP contribution in [0.4, 0.5) is 5.69 Å². The van der Waals surface area contributed by atoms with Crippen molar-refractivity contribution in [3.05, 3.63) is 54.1 Å². The van der Waals surface area contributed by atoms with Crippen molar-refractivity contribution < 1.29 is 14.6 Å². The summed E-state index contributed by atoms with van der Waals surface area (Å²) in [6.45, 7) is 0.772. The molecule has 0 aliphatic carbocycles. The third-order valence-corrected chi connectivity index (χ3v) is 2.62. The number of aromatic hydroxyl groups is 1. The molecule has 2 rings (SSSR count). The molecule has 0 unspecified atom stereocenters. The third-order valence-electron chi connectivity index (χ3n) is 2.62. The Labute approximate surface area is 117 Å². The van der Waals surface area contributed by atoms with Gasteiger partial charge in [0.1, 0.15) is 18.1 Å². The molecule has 1 amide bonds. The highest BCUT2D eigenvalue weighted by molar-refractivity contribution is 6.05. The second kappa shape index (κ2) is 6.58. The summed E-state index contributed by atoms with van der Waals surface area (Å²) in [6, 6.07) is 13.3. The molecule has 5 heteroatoms. The Balaban J connectivity index is 2.15. The number of rotatable bonds is 5. The number of hydrogen-bond acceptors (Lipinski definition) is 4. The van der Waals surface area contributed by atoms with Crippen LogP contribution in [0.3, 0.4) is 0 Å². The average molecular weight is 272 g/mol. The molecule has 0 aliphatic rings. The Kier molecular flexibility index (Phi) is 4.57. The summed E-state index contributed by atoms with van der Waals surface area (Å²) in [5.74, 6) is 0.293. The van der Waals surface area contributed by atoms with Crippen molar-refractivity contribution in [2.45, 2.75) is 0 Å². The number of para-hydroxylation sites is 2. The smallest absolute Gasteiger partial charge is 0.255 e. The lowest BCUT2D eigenvalue weighted by Gasteiger charge is -2.11. The number of carbonyl (C=O) groups is 1. The van der Waals surface area contributed by atoms with Crippen LogP contribution in [0.25, 0.3) is 0 Å². The first-order chi connectivity index (χ1) is 9.70. The minimum Gasteiger partial charge on any atom is -0.508 e. The third kappa shape index (κ3) is 3.49. The van der Waals surface area contributed by atoms with Crippen molar-refractivity contribution in [2.75, 3.05) is 18.5 Å². The number of anilines is 1. The van der Waals surface area contributed by atoms with E-state index >= 15 is 0 Å². The van der Waals surface area contributed by atoms with Crippen molar-refractivity contribution in [3.63, 3.8) is 0 Å². The van der Waals surface area contributed by atoms with Gasteiger partial charge in [-0.2, -0.15) is 0 Å². The maximum absolute atomic E-state index is 12.1. The van der Waals surface area contributed by atoms with E-state index in [1.807, 2.05) is 6.07 Å². The molecular formula is C15H16N2O3. The van der Waals surface area contributed by atoms with Crippen molar-refractivity contribution in [1.82, 2.24) is 0 Å². The molecular weight excluding hydrogens is 256 g/mol. The monoisotopic (exact) mass is 272 g/mol. The van der Waals surface area contributed by atoms with Crippen molar-refractivity contribution in [3.8, 4) is 11.5 Å². The summed E-state index contributed by atoms with van der Waals surface area (Å²) in [6.07, 6.45) is 0. The number of phenols is 1. The normalized spacial score (nSPS) is 10.1. The maximum Gasteiger partial charge on any atom is 0.255 e. The van der Waals surface area contributed by atoms with Crippen LogP contribution >= 0.6 is 0 Å². The maximum atomic E-state index is 12.1. The largest absolute Gasteiger partial charge is 0.508 e. The molecule has 0 saturated heterocycles. The first-order valence-corrected chi connectivity index (χ1v) is 6.23. The number of nitrogens with one attached hydrogen (secondary N) is 1. The van der Waals surface area contributed by atoms with E-state index in [2.05, 4.69) is 5.32 Å². The molecule has 0 spiro atoms. The molecule has 104 valence electrons. The molecule has 0 heterocycles. The van der Waals surface area contributed by atoms with Crippen LogP contribution in [0.1, 0.15) is 10.4 Å². The van der Waals surface area contributed by atoms with Gasteiger partial charge in [0.2, 0.25) is 0 Å². The molecule has 2 aromatic rings. The molecule has 0 aliphatic heterocycles. The summed E-state index contributed by atoms with van der Waals surface area (Å²) in [5.41, 5.74) is 6.33. The fourth-order valence-corrected chi connectivity index (χ4v) is 1.71. The molecule has 20 heavy (non-hydrogen) atoms. The zero-order valence-corrected chi connectivity index (χ0v) is 10.9. The lowest BCUT2D eigenvalue weighted by Crippen LogP contribution is -2.15. The summed E-state index contributed by atoms with van der Waals surface area (Å²) >= 11 is 0. The highest BCUT2D eigenvalue weighted by Crippen LogP contribution is 2.24. The Morgan fingerprint density at radius 3 is 2.75 bits per heavy atom. The van der Waals surface area contributed by atoms with Crippen molar-refractivity contribution in [2.24, 2.45) is 5.73 Å². The van der Waals surface area contributed by atoms with Crippen LogP contribution in [0.2, 0.25) is 0 Å². The summed E-state index contributed by atoms with van der Waals surface area (Å²) in [7, 11) is 0. The van der Waals surface area contributed by atoms with Gasteiger partial charge in [-0.15, -0.1) is 0 Å². The predicted octanol–water partition coefficient (Wildman–Crippen LogP) is 1.98. The fourth-order valence-electron chi connectivity index (χ4n) is 1.71. The van der Waals surface area contributed by atoms with Gasteiger partial charge >= 0.3 is 0 Å². The van der Waals surface area contributed by atoms with Gasteiger partial charge in [-0.3, -0.25) is 4.79 Å². The van der Waals surface area contributed by atoms with E-state index in [1.54, 1.807) is 30.3 Å². The highest BCUT2D eigenvalue weighted by atomic mass is 16.5. The van der Waals surface area contributed by atoms with Gasteiger partial charge in [-0.1, -0.05) is 18.2 Å². The van der Waals surface area contributed by atoms with E-state index in [4.69, 9.17) is 10.5 Å². The molecule has 0 radical (unpaired) electrons. The van der Waals surface area contributed by atoms with E-state index in [9.17, 15) is 9.90 Å². The fraction of sp³-hybridized carbons (Fsp3) is 0.133. The second-order valence-electron chi connectivity index (χ2n) is 4.14. The lowest BCUT2D eigenvalue weighted by atomic mass is 10.2. The zero-order valence-electron chi connectivity index (χ0n) is 10.9. The summed E-state index contributed by atoms with van der Waals surface area (Å²) in [5, 5.41) is 12.1. The second-order valence-corrected chi connectivity index (χ2v) is 4.14. The lowest BCUT2D eigenvalue weighted by molar-refractivity contribution is 0.102. The number of ether oxygens (including phenoxy) is 1. The Morgan fingerprint density at radius 1 is 1.20 bits per heavy atom. The van der Waals surface area contributed by atoms with E-state index in [0.29, 0.717) is 30.2 Å². The molecule has 2 aromatic carbocycles. The Bertz CT molecular complexity index is 599. The number of carbonyl (C=O) groups excluding carboxylic acids is 1. The minimum atomic E-state index is -0.315. The SMILES string of the molecule is NCCOc1ccccc1NC(=O)c1cccc(O)c1. The number of nitrogens with two attached hydrogens (primary N) is 1. The highest BCUT2D eigenvalue weighted by Gasteiger charge is 2.10. The molecule has 0 bridgehead atoms. The number of hydrogen-bond donors (Lipinski definition) is 3. The molecule has 4 N–H and O–H groups in total. The van der Waals surface area contributed by atoms with Gasteiger partial charge < -0.3 is 20.9 Å². The Morgan fingerprint density at radius 2 is 2.00 bits per heavy atom. The summed E-state index contributed by atoms with van der Waals surface area (Å²) in [4.78, 5) is 12.1. The van der Waals surface area contributed by atoms with Crippen LogP contribution in [0.5, 0.6) is 11.5 Å². The Hall–Kier alpha value is -2.53. The van der Waals surface area contributed by atoms with Crippen LogP contribution < -0.4 is 15.8 Å². The minimum absolute atomic E-state index is 0.0466. The first-order valence-electron chi connectivity index (χ1n) is 6.23. The summed E-state index contributed by atoms with van der Waals surface area (Å²) < 4.78 is 5.46. The van der Waals surface area contributed by atoms with Gasteiger partial charge in [0, 0.05) is 12.1 Å². The van der Waals surface area contributed by atoms with Crippen molar-refractivity contribution in [1.29, 1.82) is 0 Å². The van der Waals surface area contributed by atoms with Gasteiger partial charge in [0.25, 0.3) is 5.91 Å². The van der Waals surface area contributed by atoms with E-state index < -0.39 is 0 Å². The van der Waals surface area contributed by atoms with Crippen molar-refractivity contribution >= 4 is 11.6 Å². The molecule has 0 fully saturated rings. The first kappa shape index (κ1) is 13.9. The van der Waals surface area contributed by atoms with Gasteiger partial charge in [-0.25, -0.2) is 0 Å². The van der Waals surface area contributed by atoms with E-state index in [0.717, 1.165) is 0 Å². The quantitative estimate of drug-likeness (QED) is 0.777. The number of benzene rings is 2. The predicted molar refractivity (Wildman–Crippen MR) is 77.1 cm³/mol. The average Bonchev–Trinajstić information content (AvgIpc) is 2.46. The van der Waals surface area contributed by atoms with Gasteiger partial charge in [-0.05, 0) is 30.3 Å².